The lowest BCUT2D eigenvalue weighted by molar-refractivity contribution is -0.141. The molecule has 1 saturated heterocycles. The van der Waals surface area contributed by atoms with E-state index < -0.39 is 17.3 Å². The van der Waals surface area contributed by atoms with Crippen molar-refractivity contribution >= 4 is 17.4 Å². The molecule has 1 amide bonds. The van der Waals surface area contributed by atoms with Crippen LogP contribution in [0.3, 0.4) is 0 Å². The molecule has 10 heteroatoms. The summed E-state index contributed by atoms with van der Waals surface area (Å²) in [4.78, 5) is 26.7. The molecule has 4 rings (SSSR count). The zero-order valence-electron chi connectivity index (χ0n) is 21.1. The van der Waals surface area contributed by atoms with Crippen LogP contribution in [-0.4, -0.2) is 65.2 Å². The Morgan fingerprint density at radius 2 is 1.67 bits per heavy atom. The number of aromatic hydroxyl groups is 1. The second-order valence-corrected chi connectivity index (χ2v) is 10.5. The fourth-order valence-electron chi connectivity index (χ4n) is 4.70. The molecule has 0 aliphatic carbocycles. The standard InChI is InChI=1S/C26H34F3N5O2/c1-25(2,3)24-30-21(26(27,28)29)17-22(31-24)33-15-13-32(14-16-33)11-4-5-12-34-19-7-6-8-20(35)18(19)9-10-23(34)36/h6-8,17,35H,4-5,9-16H2,1-3H3. The summed E-state index contributed by atoms with van der Waals surface area (Å²) in [5, 5.41) is 10.1. The molecule has 2 aromatic rings. The third-order valence-corrected chi connectivity index (χ3v) is 6.78. The molecule has 1 N–H and O–H groups in total. The fourth-order valence-corrected chi connectivity index (χ4v) is 4.70. The van der Waals surface area contributed by atoms with E-state index >= 15 is 0 Å². The highest BCUT2D eigenvalue weighted by atomic mass is 19.4. The van der Waals surface area contributed by atoms with Crippen molar-refractivity contribution in [2.24, 2.45) is 0 Å². The molecule has 2 aliphatic heterocycles. The van der Waals surface area contributed by atoms with Gasteiger partial charge in [0, 0.05) is 56.2 Å². The van der Waals surface area contributed by atoms with Gasteiger partial charge in [0.1, 0.15) is 23.1 Å². The minimum absolute atomic E-state index is 0.0828. The van der Waals surface area contributed by atoms with E-state index in [0.717, 1.165) is 49.8 Å². The van der Waals surface area contributed by atoms with Crippen molar-refractivity contribution in [1.82, 2.24) is 14.9 Å². The number of carbonyl (C=O) groups excluding carboxylic acids is 1. The van der Waals surface area contributed by atoms with Crippen molar-refractivity contribution < 1.29 is 23.1 Å². The number of unbranched alkanes of at least 4 members (excludes halogenated alkanes) is 1. The summed E-state index contributed by atoms with van der Waals surface area (Å²) in [5.74, 6) is 0.840. The molecule has 3 heterocycles. The molecular formula is C26H34F3N5O2. The Hall–Kier alpha value is -2.88. The number of amides is 1. The van der Waals surface area contributed by atoms with Crippen LogP contribution < -0.4 is 9.80 Å². The molecule has 0 radical (unpaired) electrons. The predicted octanol–water partition coefficient (Wildman–Crippen LogP) is 4.38. The first-order chi connectivity index (χ1) is 16.9. The van der Waals surface area contributed by atoms with Crippen molar-refractivity contribution in [3.63, 3.8) is 0 Å². The number of hydrogen-bond acceptors (Lipinski definition) is 6. The highest BCUT2D eigenvalue weighted by Gasteiger charge is 2.36. The van der Waals surface area contributed by atoms with Crippen LogP contribution in [0.25, 0.3) is 0 Å². The average molecular weight is 506 g/mol. The minimum atomic E-state index is -4.52. The van der Waals surface area contributed by atoms with Crippen molar-refractivity contribution in [3.05, 3.63) is 41.3 Å². The van der Waals surface area contributed by atoms with E-state index in [1.165, 1.54) is 0 Å². The molecule has 0 bridgehead atoms. The summed E-state index contributed by atoms with van der Waals surface area (Å²) in [6.07, 6.45) is -1.82. The molecule has 0 unspecified atom stereocenters. The lowest BCUT2D eigenvalue weighted by atomic mass is 9.95. The van der Waals surface area contributed by atoms with Crippen LogP contribution in [0.15, 0.2) is 24.3 Å². The molecule has 1 fully saturated rings. The van der Waals surface area contributed by atoms with Gasteiger partial charge < -0.3 is 14.9 Å². The first kappa shape index (κ1) is 26.2. The molecule has 0 saturated carbocycles. The molecule has 0 spiro atoms. The van der Waals surface area contributed by atoms with Crippen LogP contribution in [0.4, 0.5) is 24.7 Å². The Bertz CT molecular complexity index is 1060. The summed E-state index contributed by atoms with van der Waals surface area (Å²) in [7, 11) is 0. The van der Waals surface area contributed by atoms with E-state index in [9.17, 15) is 23.1 Å². The van der Waals surface area contributed by atoms with Gasteiger partial charge in [0.15, 0.2) is 0 Å². The van der Waals surface area contributed by atoms with Gasteiger partial charge in [0.05, 0.1) is 5.69 Å². The van der Waals surface area contributed by atoms with Crippen LogP contribution in [-0.2, 0) is 22.8 Å². The monoisotopic (exact) mass is 505 g/mol. The molecule has 196 valence electrons. The Morgan fingerprint density at radius 1 is 0.972 bits per heavy atom. The van der Waals surface area contributed by atoms with Crippen LogP contribution in [0.1, 0.15) is 57.1 Å². The minimum Gasteiger partial charge on any atom is -0.508 e. The van der Waals surface area contributed by atoms with Gasteiger partial charge in [-0.3, -0.25) is 9.69 Å². The van der Waals surface area contributed by atoms with Crippen LogP contribution in [0.2, 0.25) is 0 Å². The van der Waals surface area contributed by atoms with E-state index in [1.807, 2.05) is 31.7 Å². The number of aromatic nitrogens is 2. The number of piperazine rings is 1. The number of rotatable bonds is 6. The Kier molecular flexibility index (Phi) is 7.45. The number of phenolic OH excluding ortho intramolecular Hbond substituents is 1. The first-order valence-corrected chi connectivity index (χ1v) is 12.5. The number of halogens is 3. The lowest BCUT2D eigenvalue weighted by Gasteiger charge is -2.36. The predicted molar refractivity (Wildman–Crippen MR) is 132 cm³/mol. The number of nitrogens with zero attached hydrogens (tertiary/aromatic N) is 5. The highest BCUT2D eigenvalue weighted by molar-refractivity contribution is 5.96. The van der Waals surface area contributed by atoms with Gasteiger partial charge in [0.2, 0.25) is 5.91 Å². The van der Waals surface area contributed by atoms with Gasteiger partial charge in [-0.15, -0.1) is 0 Å². The van der Waals surface area contributed by atoms with E-state index in [1.54, 1.807) is 17.0 Å². The summed E-state index contributed by atoms with van der Waals surface area (Å²) in [5.41, 5.74) is 0.146. The normalized spacial score (nSPS) is 17.4. The third kappa shape index (κ3) is 5.91. The van der Waals surface area contributed by atoms with Gasteiger partial charge in [-0.2, -0.15) is 13.2 Å². The van der Waals surface area contributed by atoms with Crippen molar-refractivity contribution in [1.29, 1.82) is 0 Å². The largest absolute Gasteiger partial charge is 0.508 e. The van der Waals surface area contributed by atoms with Crippen molar-refractivity contribution in [2.75, 3.05) is 49.1 Å². The number of hydrogen-bond donors (Lipinski definition) is 1. The number of benzene rings is 1. The molecular weight excluding hydrogens is 471 g/mol. The number of anilines is 2. The summed E-state index contributed by atoms with van der Waals surface area (Å²) in [6.45, 7) is 9.53. The molecule has 36 heavy (non-hydrogen) atoms. The summed E-state index contributed by atoms with van der Waals surface area (Å²) < 4.78 is 40.3. The number of fused-ring (bicyclic) bond motifs is 1. The Balaban J connectivity index is 1.30. The summed E-state index contributed by atoms with van der Waals surface area (Å²) >= 11 is 0. The summed E-state index contributed by atoms with van der Waals surface area (Å²) in [6, 6.07) is 6.35. The molecule has 2 aliphatic rings. The van der Waals surface area contributed by atoms with Crippen LogP contribution in [0.5, 0.6) is 5.75 Å². The van der Waals surface area contributed by atoms with Gasteiger partial charge in [0.25, 0.3) is 0 Å². The smallest absolute Gasteiger partial charge is 0.433 e. The zero-order chi connectivity index (χ0) is 26.1. The zero-order valence-corrected chi connectivity index (χ0v) is 21.1. The third-order valence-electron chi connectivity index (χ3n) is 6.78. The second kappa shape index (κ2) is 10.2. The lowest BCUT2D eigenvalue weighted by Crippen LogP contribution is -2.47. The fraction of sp³-hybridized carbons (Fsp3) is 0.577. The SMILES string of the molecule is CC(C)(C)c1nc(N2CCN(CCCCN3C(=O)CCc4c(O)cccc43)CC2)cc(C(F)(F)F)n1. The Morgan fingerprint density at radius 3 is 2.33 bits per heavy atom. The molecule has 1 aromatic heterocycles. The highest BCUT2D eigenvalue weighted by Crippen LogP contribution is 2.34. The van der Waals surface area contributed by atoms with Crippen molar-refractivity contribution in [2.45, 2.75) is 58.0 Å². The topological polar surface area (TPSA) is 72.8 Å². The Labute approximate surface area is 209 Å². The number of phenols is 1. The molecule has 0 atom stereocenters. The van der Waals surface area contributed by atoms with E-state index in [4.69, 9.17) is 0 Å². The van der Waals surface area contributed by atoms with Gasteiger partial charge in [-0.25, -0.2) is 9.97 Å². The van der Waals surface area contributed by atoms with Crippen LogP contribution >= 0.6 is 0 Å². The van der Waals surface area contributed by atoms with E-state index in [-0.39, 0.29) is 17.5 Å². The van der Waals surface area contributed by atoms with Crippen LogP contribution in [0, 0.1) is 0 Å². The quantitative estimate of drug-likeness (QED) is 0.588. The first-order valence-electron chi connectivity index (χ1n) is 12.5. The van der Waals surface area contributed by atoms with Crippen molar-refractivity contribution in [3.8, 4) is 5.75 Å². The maximum Gasteiger partial charge on any atom is 0.433 e. The van der Waals surface area contributed by atoms with Gasteiger partial charge >= 0.3 is 6.18 Å². The van der Waals surface area contributed by atoms with Gasteiger partial charge in [-0.05, 0) is 37.9 Å². The average Bonchev–Trinajstić information content (AvgIpc) is 2.82. The van der Waals surface area contributed by atoms with E-state index in [0.29, 0.717) is 38.3 Å². The van der Waals surface area contributed by atoms with Gasteiger partial charge in [-0.1, -0.05) is 26.8 Å². The molecule has 7 nitrogen and oxygen atoms in total. The van der Waals surface area contributed by atoms with E-state index in [2.05, 4.69) is 14.9 Å². The number of alkyl halides is 3. The maximum absolute atomic E-state index is 13.4. The maximum atomic E-state index is 13.4. The second-order valence-electron chi connectivity index (χ2n) is 10.5. The molecule has 1 aromatic carbocycles. The number of carbonyl (C=O) groups is 1.